The van der Waals surface area contributed by atoms with Crippen LogP contribution in [0.2, 0.25) is 0 Å². The van der Waals surface area contributed by atoms with Crippen LogP contribution in [0.5, 0.6) is 0 Å². The Kier molecular flexibility index (Phi) is 7.73. The van der Waals surface area contributed by atoms with Crippen molar-refractivity contribution >= 4 is 5.97 Å². The molecule has 0 spiro atoms. The SMILES string of the molecule is CCc1c(-c2ccccc2)c(-c2ccc(F)c(F)c2)nn1C[C@H]1CC[C@@H](COCC(=O)O)CC1. The molecule has 34 heavy (non-hydrogen) atoms. The molecule has 2 aromatic carbocycles. The van der Waals surface area contributed by atoms with Gasteiger partial charge >= 0.3 is 5.97 Å². The van der Waals surface area contributed by atoms with Crippen LogP contribution >= 0.6 is 0 Å². The molecule has 180 valence electrons. The number of hydrogen-bond acceptors (Lipinski definition) is 3. The van der Waals surface area contributed by atoms with Gasteiger partial charge in [0.25, 0.3) is 0 Å². The van der Waals surface area contributed by atoms with Gasteiger partial charge in [0.15, 0.2) is 11.6 Å². The average molecular weight is 469 g/mol. The first kappa shape index (κ1) is 24.1. The van der Waals surface area contributed by atoms with Crippen molar-refractivity contribution in [3.63, 3.8) is 0 Å². The molecule has 0 aliphatic heterocycles. The molecule has 1 aromatic heterocycles. The number of ether oxygens (including phenoxy) is 1. The highest BCUT2D eigenvalue weighted by molar-refractivity contribution is 5.82. The van der Waals surface area contributed by atoms with Crippen molar-refractivity contribution in [3.8, 4) is 22.4 Å². The molecule has 1 N–H and O–H groups in total. The fourth-order valence-electron chi connectivity index (χ4n) is 4.90. The molecule has 1 aliphatic rings. The van der Waals surface area contributed by atoms with E-state index in [4.69, 9.17) is 14.9 Å². The summed E-state index contributed by atoms with van der Waals surface area (Å²) in [5, 5.41) is 13.7. The van der Waals surface area contributed by atoms with Gasteiger partial charge in [-0.15, -0.1) is 0 Å². The van der Waals surface area contributed by atoms with E-state index in [1.54, 1.807) is 6.07 Å². The molecule has 4 rings (SSSR count). The van der Waals surface area contributed by atoms with Crippen molar-refractivity contribution in [1.82, 2.24) is 9.78 Å². The van der Waals surface area contributed by atoms with Crippen LogP contribution in [0.4, 0.5) is 8.78 Å². The molecule has 1 fully saturated rings. The van der Waals surface area contributed by atoms with Crippen molar-refractivity contribution in [1.29, 1.82) is 0 Å². The summed E-state index contributed by atoms with van der Waals surface area (Å²) in [6, 6.07) is 13.9. The van der Waals surface area contributed by atoms with E-state index >= 15 is 0 Å². The summed E-state index contributed by atoms with van der Waals surface area (Å²) in [4.78, 5) is 10.7. The minimum Gasteiger partial charge on any atom is -0.480 e. The third-order valence-corrected chi connectivity index (χ3v) is 6.62. The van der Waals surface area contributed by atoms with Gasteiger partial charge in [-0.05, 0) is 67.7 Å². The fraction of sp³-hybridized carbons (Fsp3) is 0.407. The largest absolute Gasteiger partial charge is 0.480 e. The standard InChI is InChI=1S/C27H30F2N2O3/c1-2-24-26(20-6-4-3-5-7-20)27(21-12-13-22(28)23(29)14-21)30-31(24)15-18-8-10-19(11-9-18)16-34-17-25(32)33/h3-7,12-14,18-19H,2,8-11,15-17H2,1H3,(H,32,33)/t18-,19+. The van der Waals surface area contributed by atoms with E-state index in [-0.39, 0.29) is 6.61 Å². The van der Waals surface area contributed by atoms with Gasteiger partial charge in [-0.25, -0.2) is 13.6 Å². The molecule has 7 heteroatoms. The lowest BCUT2D eigenvalue weighted by atomic mass is 9.82. The maximum atomic E-state index is 14.1. The Morgan fingerprint density at radius 2 is 1.74 bits per heavy atom. The number of aliphatic carboxylic acids is 1. The number of aromatic nitrogens is 2. The molecule has 3 aromatic rings. The lowest BCUT2D eigenvalue weighted by Gasteiger charge is -2.28. The highest BCUT2D eigenvalue weighted by Crippen LogP contribution is 2.37. The number of nitrogens with zero attached hydrogens (tertiary/aromatic N) is 2. The Balaban J connectivity index is 1.58. The Morgan fingerprint density at radius 3 is 2.38 bits per heavy atom. The van der Waals surface area contributed by atoms with Crippen molar-refractivity contribution in [2.75, 3.05) is 13.2 Å². The van der Waals surface area contributed by atoms with E-state index in [2.05, 4.69) is 6.92 Å². The van der Waals surface area contributed by atoms with Crippen molar-refractivity contribution in [3.05, 3.63) is 65.9 Å². The number of carboxylic acid groups (broad SMARTS) is 1. The second kappa shape index (κ2) is 10.9. The summed E-state index contributed by atoms with van der Waals surface area (Å²) in [5.41, 5.74) is 4.27. The molecule has 1 saturated carbocycles. The van der Waals surface area contributed by atoms with Crippen LogP contribution in [0.1, 0.15) is 38.3 Å². The monoisotopic (exact) mass is 468 g/mol. The van der Waals surface area contributed by atoms with Gasteiger partial charge in [0.1, 0.15) is 12.3 Å². The average Bonchev–Trinajstić information content (AvgIpc) is 3.20. The predicted octanol–water partition coefficient (Wildman–Crippen LogP) is 5.97. The first-order valence-electron chi connectivity index (χ1n) is 11.9. The highest BCUT2D eigenvalue weighted by Gasteiger charge is 2.25. The predicted molar refractivity (Wildman–Crippen MR) is 126 cm³/mol. The highest BCUT2D eigenvalue weighted by atomic mass is 19.2. The van der Waals surface area contributed by atoms with Gasteiger partial charge in [-0.2, -0.15) is 5.10 Å². The molecular formula is C27H30F2N2O3. The van der Waals surface area contributed by atoms with Crippen LogP contribution < -0.4 is 0 Å². The van der Waals surface area contributed by atoms with Crippen LogP contribution in [0.3, 0.4) is 0 Å². The first-order valence-corrected chi connectivity index (χ1v) is 11.9. The van der Waals surface area contributed by atoms with Crippen LogP contribution in [-0.4, -0.2) is 34.1 Å². The van der Waals surface area contributed by atoms with Gasteiger partial charge in [-0.1, -0.05) is 37.3 Å². The molecule has 0 saturated heterocycles. The van der Waals surface area contributed by atoms with E-state index < -0.39 is 17.6 Å². The second-order valence-electron chi connectivity index (χ2n) is 9.00. The molecule has 0 bridgehead atoms. The molecule has 0 radical (unpaired) electrons. The normalized spacial score (nSPS) is 18.2. The number of rotatable bonds is 9. The van der Waals surface area contributed by atoms with E-state index in [0.29, 0.717) is 29.7 Å². The van der Waals surface area contributed by atoms with Crippen molar-refractivity contribution < 1.29 is 23.4 Å². The number of hydrogen-bond donors (Lipinski definition) is 1. The summed E-state index contributed by atoms with van der Waals surface area (Å²) < 4.78 is 35.0. The van der Waals surface area contributed by atoms with Crippen LogP contribution in [0, 0.1) is 23.5 Å². The van der Waals surface area contributed by atoms with Crippen molar-refractivity contribution in [2.45, 2.75) is 45.6 Å². The molecule has 1 aliphatic carbocycles. The summed E-state index contributed by atoms with van der Waals surface area (Å²) >= 11 is 0. The maximum Gasteiger partial charge on any atom is 0.329 e. The number of carboxylic acids is 1. The third kappa shape index (κ3) is 5.53. The van der Waals surface area contributed by atoms with Gasteiger partial charge in [0, 0.05) is 23.4 Å². The molecule has 0 unspecified atom stereocenters. The Morgan fingerprint density at radius 1 is 1.03 bits per heavy atom. The topological polar surface area (TPSA) is 64.4 Å². The first-order chi connectivity index (χ1) is 16.5. The zero-order valence-electron chi connectivity index (χ0n) is 19.3. The summed E-state index contributed by atoms with van der Waals surface area (Å²) in [6.45, 7) is 3.09. The Bertz CT molecular complexity index is 1120. The summed E-state index contributed by atoms with van der Waals surface area (Å²) in [7, 11) is 0. The van der Waals surface area contributed by atoms with Gasteiger partial charge < -0.3 is 9.84 Å². The molecule has 1 heterocycles. The number of benzene rings is 2. The zero-order valence-corrected chi connectivity index (χ0v) is 19.3. The van der Waals surface area contributed by atoms with Gasteiger partial charge in [-0.3, -0.25) is 4.68 Å². The lowest BCUT2D eigenvalue weighted by Crippen LogP contribution is -2.23. The van der Waals surface area contributed by atoms with E-state index in [9.17, 15) is 13.6 Å². The van der Waals surface area contributed by atoms with Gasteiger partial charge in [0.05, 0.1) is 6.61 Å². The smallest absolute Gasteiger partial charge is 0.329 e. The molecule has 5 nitrogen and oxygen atoms in total. The second-order valence-corrected chi connectivity index (χ2v) is 9.00. The lowest BCUT2D eigenvalue weighted by molar-refractivity contribution is -0.142. The quantitative estimate of drug-likeness (QED) is 0.421. The maximum absolute atomic E-state index is 14.1. The number of carbonyl (C=O) groups is 1. The Hall–Kier alpha value is -3.06. The van der Waals surface area contributed by atoms with Crippen molar-refractivity contribution in [2.24, 2.45) is 11.8 Å². The third-order valence-electron chi connectivity index (χ3n) is 6.62. The summed E-state index contributed by atoms with van der Waals surface area (Å²) in [5.74, 6) is -1.86. The van der Waals surface area contributed by atoms with E-state index in [0.717, 1.165) is 61.5 Å². The molecular weight excluding hydrogens is 438 g/mol. The fourth-order valence-corrected chi connectivity index (χ4v) is 4.90. The zero-order chi connectivity index (χ0) is 24.1. The van der Waals surface area contributed by atoms with Crippen LogP contribution in [0.15, 0.2) is 48.5 Å². The van der Waals surface area contributed by atoms with Gasteiger partial charge in [0.2, 0.25) is 0 Å². The molecule has 0 atom stereocenters. The Labute approximate surface area is 198 Å². The number of halogens is 2. The van der Waals surface area contributed by atoms with Crippen LogP contribution in [-0.2, 0) is 22.5 Å². The minimum atomic E-state index is -0.939. The van der Waals surface area contributed by atoms with E-state index in [1.165, 1.54) is 6.07 Å². The van der Waals surface area contributed by atoms with E-state index in [1.807, 2.05) is 35.0 Å². The summed E-state index contributed by atoms with van der Waals surface area (Å²) in [6.07, 6.45) is 4.79. The van der Waals surface area contributed by atoms with Crippen LogP contribution in [0.25, 0.3) is 22.4 Å². The minimum absolute atomic E-state index is 0.248. The molecule has 0 amide bonds.